The minimum absolute atomic E-state index is 0.145. The maximum absolute atomic E-state index is 12.2. The summed E-state index contributed by atoms with van der Waals surface area (Å²) in [6.07, 6.45) is 3.10. The van der Waals surface area contributed by atoms with Crippen molar-refractivity contribution < 1.29 is 37.0 Å². The summed E-state index contributed by atoms with van der Waals surface area (Å²) in [6.45, 7) is 6.25. The third-order valence-corrected chi connectivity index (χ3v) is 6.84. The smallest absolute Gasteiger partial charge is 0.350 e. The number of halogens is 1. The van der Waals surface area contributed by atoms with Gasteiger partial charge in [0.2, 0.25) is 0 Å². The maximum atomic E-state index is 12.2. The lowest BCUT2D eigenvalue weighted by atomic mass is 10.1. The fourth-order valence-electron chi connectivity index (χ4n) is 3.69. The number of ether oxygens (including phenoxy) is 4. The Morgan fingerprint density at radius 2 is 1.82 bits per heavy atom. The lowest BCUT2D eigenvalue weighted by Gasteiger charge is -2.23. The predicted octanol–water partition coefficient (Wildman–Crippen LogP) is 3.97. The molecule has 2 aliphatic heterocycles. The van der Waals surface area contributed by atoms with Crippen molar-refractivity contribution >= 4 is 33.9 Å². The molecule has 3 rings (SSSR count). The van der Waals surface area contributed by atoms with E-state index in [1.165, 1.54) is 43.3 Å². The van der Waals surface area contributed by atoms with Crippen molar-refractivity contribution in [2.24, 2.45) is 5.16 Å². The number of oxime groups is 1. The SMILES string of the molecule is CCCCCCCO[C@H]1O[C@H](/C=N/OC(=O)NS(=O)(=O)c2ccc(Cl)cc2)[C@@H]2OC(C)(C)O[C@H]12. The molecule has 0 aliphatic carbocycles. The summed E-state index contributed by atoms with van der Waals surface area (Å²) in [5, 5.41) is 3.94. The second kappa shape index (κ2) is 11.8. The summed E-state index contributed by atoms with van der Waals surface area (Å²) in [4.78, 5) is 16.5. The zero-order valence-electron chi connectivity index (χ0n) is 19.4. The molecule has 0 unspecified atom stereocenters. The van der Waals surface area contributed by atoms with Crippen molar-refractivity contribution in [1.82, 2.24) is 4.72 Å². The van der Waals surface area contributed by atoms with Gasteiger partial charge in [-0.05, 0) is 44.5 Å². The van der Waals surface area contributed by atoms with E-state index in [1.54, 1.807) is 18.6 Å². The zero-order chi connectivity index (χ0) is 24.8. The fourth-order valence-corrected chi connectivity index (χ4v) is 4.68. The van der Waals surface area contributed by atoms with E-state index in [4.69, 9.17) is 30.5 Å². The van der Waals surface area contributed by atoms with Gasteiger partial charge in [0.25, 0.3) is 10.0 Å². The number of nitrogens with zero attached hydrogens (tertiary/aromatic N) is 1. The number of rotatable bonds is 11. The number of carbonyl (C=O) groups excluding carboxylic acids is 1. The average molecular weight is 519 g/mol. The monoisotopic (exact) mass is 518 g/mol. The number of benzene rings is 1. The molecule has 2 saturated heterocycles. The molecule has 2 heterocycles. The highest BCUT2D eigenvalue weighted by Crippen LogP contribution is 2.38. The largest absolute Gasteiger partial charge is 0.447 e. The van der Waals surface area contributed by atoms with Crippen LogP contribution in [0.25, 0.3) is 0 Å². The first kappa shape index (κ1) is 26.8. The van der Waals surface area contributed by atoms with Crippen molar-refractivity contribution in [2.75, 3.05) is 6.61 Å². The lowest BCUT2D eigenvalue weighted by Crippen LogP contribution is -2.32. The van der Waals surface area contributed by atoms with Gasteiger partial charge in [0, 0.05) is 11.6 Å². The average Bonchev–Trinajstić information content (AvgIpc) is 3.24. The van der Waals surface area contributed by atoms with Crippen LogP contribution in [-0.2, 0) is 33.8 Å². The molecule has 1 amide bonds. The quantitative estimate of drug-likeness (QED) is 0.202. The van der Waals surface area contributed by atoms with Crippen molar-refractivity contribution in [3.63, 3.8) is 0 Å². The van der Waals surface area contributed by atoms with Gasteiger partial charge in [0.15, 0.2) is 12.1 Å². The Bertz CT molecular complexity index is 954. The number of hydrogen-bond donors (Lipinski definition) is 1. The molecular formula is C22H31ClN2O8S. The summed E-state index contributed by atoms with van der Waals surface area (Å²) < 4.78 is 49.8. The van der Waals surface area contributed by atoms with Crippen LogP contribution < -0.4 is 4.72 Å². The van der Waals surface area contributed by atoms with Gasteiger partial charge in [0.1, 0.15) is 18.3 Å². The molecule has 1 aromatic carbocycles. The van der Waals surface area contributed by atoms with Crippen LogP contribution in [0.15, 0.2) is 34.3 Å². The molecule has 34 heavy (non-hydrogen) atoms. The first-order valence-corrected chi connectivity index (χ1v) is 13.1. The Kier molecular flexibility index (Phi) is 9.30. The van der Waals surface area contributed by atoms with Gasteiger partial charge in [-0.3, -0.25) is 4.84 Å². The van der Waals surface area contributed by atoms with E-state index in [0.717, 1.165) is 19.3 Å². The summed E-state index contributed by atoms with van der Waals surface area (Å²) in [5.41, 5.74) is 0. The van der Waals surface area contributed by atoms with E-state index < -0.39 is 46.5 Å². The molecule has 2 aliphatic rings. The van der Waals surface area contributed by atoms with Crippen LogP contribution in [0.1, 0.15) is 52.9 Å². The standard InChI is InChI=1S/C22H31ClN2O8S/c1-4-5-6-7-8-13-29-20-19-18(31-22(2,3)32-19)17(30-20)14-24-33-21(26)25-34(27,28)16-11-9-15(23)10-12-16/h9-12,14,17-20H,4-8,13H2,1-3H3,(H,25,26)/b24-14+/t17-,18+,19+,20+/m1/s1. The third-order valence-electron chi connectivity index (χ3n) is 5.26. The molecular weight excluding hydrogens is 488 g/mol. The van der Waals surface area contributed by atoms with Gasteiger partial charge in [-0.1, -0.05) is 49.4 Å². The van der Waals surface area contributed by atoms with Crippen LogP contribution in [-0.4, -0.2) is 57.7 Å². The van der Waals surface area contributed by atoms with Crippen molar-refractivity contribution in [2.45, 2.75) is 88.2 Å². The Balaban J connectivity index is 1.52. The summed E-state index contributed by atoms with van der Waals surface area (Å²) >= 11 is 5.75. The van der Waals surface area contributed by atoms with Crippen LogP contribution >= 0.6 is 11.6 Å². The van der Waals surface area contributed by atoms with Gasteiger partial charge < -0.3 is 18.9 Å². The minimum atomic E-state index is -4.14. The molecule has 0 saturated carbocycles. The van der Waals surface area contributed by atoms with Crippen molar-refractivity contribution in [3.8, 4) is 0 Å². The van der Waals surface area contributed by atoms with E-state index in [-0.39, 0.29) is 4.90 Å². The Labute approximate surface area is 204 Å². The molecule has 1 N–H and O–H groups in total. The normalized spacial score (nSPS) is 26.0. The molecule has 2 fully saturated rings. The summed E-state index contributed by atoms with van der Waals surface area (Å²) in [6, 6.07) is 5.30. The number of sulfonamides is 1. The van der Waals surface area contributed by atoms with E-state index in [9.17, 15) is 13.2 Å². The van der Waals surface area contributed by atoms with E-state index in [2.05, 4.69) is 16.9 Å². The van der Waals surface area contributed by atoms with Gasteiger partial charge in [-0.15, -0.1) is 0 Å². The molecule has 1 aromatic rings. The van der Waals surface area contributed by atoms with Crippen LogP contribution in [0.4, 0.5) is 4.79 Å². The number of hydrogen-bond acceptors (Lipinski definition) is 9. The highest BCUT2D eigenvalue weighted by Gasteiger charge is 2.55. The molecule has 0 radical (unpaired) electrons. The second-order valence-corrected chi connectivity index (χ2v) is 10.6. The van der Waals surface area contributed by atoms with E-state index >= 15 is 0 Å². The van der Waals surface area contributed by atoms with Gasteiger partial charge in [0.05, 0.1) is 11.1 Å². The highest BCUT2D eigenvalue weighted by molar-refractivity contribution is 7.90. The number of unbranched alkanes of at least 4 members (excludes halogenated alkanes) is 4. The number of nitrogens with one attached hydrogen (secondary N) is 1. The number of fused-ring (bicyclic) bond motifs is 1. The van der Waals surface area contributed by atoms with Gasteiger partial charge in [-0.25, -0.2) is 17.9 Å². The topological polar surface area (TPSA) is 122 Å². The van der Waals surface area contributed by atoms with Crippen molar-refractivity contribution in [3.05, 3.63) is 29.3 Å². The van der Waals surface area contributed by atoms with Gasteiger partial charge >= 0.3 is 6.09 Å². The zero-order valence-corrected chi connectivity index (χ0v) is 21.0. The Hall–Kier alpha value is -1.76. The predicted molar refractivity (Wildman–Crippen MR) is 124 cm³/mol. The molecule has 190 valence electrons. The molecule has 4 atom stereocenters. The number of amides is 1. The molecule has 0 bridgehead atoms. The fraction of sp³-hybridized carbons (Fsp3) is 0.636. The number of carbonyl (C=O) groups is 1. The van der Waals surface area contributed by atoms with Crippen LogP contribution in [0.2, 0.25) is 5.02 Å². The molecule has 10 nitrogen and oxygen atoms in total. The highest BCUT2D eigenvalue weighted by atomic mass is 35.5. The molecule has 0 aromatic heterocycles. The molecule has 12 heteroatoms. The summed E-state index contributed by atoms with van der Waals surface area (Å²) in [7, 11) is -4.14. The van der Waals surface area contributed by atoms with E-state index in [1.807, 2.05) is 0 Å². The molecule has 0 spiro atoms. The first-order chi connectivity index (χ1) is 16.1. The Morgan fingerprint density at radius 3 is 2.53 bits per heavy atom. The lowest BCUT2D eigenvalue weighted by molar-refractivity contribution is -0.225. The second-order valence-electron chi connectivity index (χ2n) is 8.51. The van der Waals surface area contributed by atoms with Crippen molar-refractivity contribution in [1.29, 1.82) is 0 Å². The van der Waals surface area contributed by atoms with Crippen LogP contribution in [0.3, 0.4) is 0 Å². The first-order valence-electron chi connectivity index (χ1n) is 11.3. The van der Waals surface area contributed by atoms with E-state index in [0.29, 0.717) is 11.6 Å². The van der Waals surface area contributed by atoms with Crippen LogP contribution in [0.5, 0.6) is 0 Å². The van der Waals surface area contributed by atoms with Crippen LogP contribution in [0, 0.1) is 0 Å². The summed E-state index contributed by atoms with van der Waals surface area (Å²) in [5.74, 6) is -0.834. The third kappa shape index (κ3) is 7.37. The minimum Gasteiger partial charge on any atom is -0.350 e. The maximum Gasteiger partial charge on any atom is 0.447 e. The Morgan fingerprint density at radius 1 is 1.15 bits per heavy atom. The van der Waals surface area contributed by atoms with Gasteiger partial charge in [-0.2, -0.15) is 0 Å².